The lowest BCUT2D eigenvalue weighted by molar-refractivity contribution is 0.369. The molecule has 3 aromatic rings. The van der Waals surface area contributed by atoms with Crippen LogP contribution < -0.4 is 4.74 Å². The first-order chi connectivity index (χ1) is 8.76. The molecule has 2 heterocycles. The molecule has 0 unspecified atom stereocenters. The first-order valence-electron chi connectivity index (χ1n) is 5.68. The Balaban J connectivity index is 1.97. The Hall–Kier alpha value is -2.30. The van der Waals surface area contributed by atoms with Gasteiger partial charge >= 0.3 is 0 Å². The van der Waals surface area contributed by atoms with Crippen LogP contribution in [0, 0.1) is 6.92 Å². The zero-order valence-electron chi connectivity index (χ0n) is 10.3. The van der Waals surface area contributed by atoms with Crippen LogP contribution in [0.3, 0.4) is 0 Å². The van der Waals surface area contributed by atoms with Crippen molar-refractivity contribution in [3.63, 3.8) is 0 Å². The number of ether oxygens (including phenoxy) is 1. The number of benzene rings is 1. The molecule has 92 valence electrons. The molecule has 0 atom stereocenters. The number of fused-ring (bicyclic) bond motifs is 1. The first-order valence-corrected chi connectivity index (χ1v) is 5.68. The van der Waals surface area contributed by atoms with Gasteiger partial charge in [-0.3, -0.25) is 0 Å². The van der Waals surface area contributed by atoms with Gasteiger partial charge in [0.05, 0.1) is 7.11 Å². The van der Waals surface area contributed by atoms with Crippen molar-refractivity contribution >= 4 is 10.9 Å². The standard InChI is InChI=1S/C13H13N3O2/c1-9-14-13(18-15-9)8-16-6-5-10-7-11(17-2)3-4-12(10)16/h3-7H,8H2,1-2H3. The molecule has 0 amide bonds. The monoisotopic (exact) mass is 243 g/mol. The summed E-state index contributed by atoms with van der Waals surface area (Å²) in [5, 5.41) is 4.92. The lowest BCUT2D eigenvalue weighted by Gasteiger charge is -2.03. The van der Waals surface area contributed by atoms with Crippen LogP contribution in [0.25, 0.3) is 10.9 Å². The summed E-state index contributed by atoms with van der Waals surface area (Å²) < 4.78 is 12.4. The number of nitrogens with zero attached hydrogens (tertiary/aromatic N) is 3. The SMILES string of the molecule is COc1ccc2c(ccn2Cc2nc(C)no2)c1. The smallest absolute Gasteiger partial charge is 0.246 e. The number of aromatic nitrogens is 3. The Morgan fingerprint density at radius 2 is 2.22 bits per heavy atom. The van der Waals surface area contributed by atoms with Gasteiger partial charge in [0, 0.05) is 17.1 Å². The Morgan fingerprint density at radius 1 is 1.33 bits per heavy atom. The van der Waals surface area contributed by atoms with Crippen molar-refractivity contribution in [3.8, 4) is 5.75 Å². The molecule has 5 nitrogen and oxygen atoms in total. The van der Waals surface area contributed by atoms with E-state index < -0.39 is 0 Å². The van der Waals surface area contributed by atoms with E-state index >= 15 is 0 Å². The molecule has 0 aliphatic carbocycles. The van der Waals surface area contributed by atoms with Gasteiger partial charge in [0.15, 0.2) is 5.82 Å². The van der Waals surface area contributed by atoms with Crippen LogP contribution in [0.2, 0.25) is 0 Å². The minimum absolute atomic E-state index is 0.580. The van der Waals surface area contributed by atoms with Crippen molar-refractivity contribution in [2.45, 2.75) is 13.5 Å². The van der Waals surface area contributed by atoms with E-state index in [2.05, 4.69) is 14.7 Å². The molecule has 0 N–H and O–H groups in total. The molecule has 0 aliphatic rings. The summed E-state index contributed by atoms with van der Waals surface area (Å²) in [5.41, 5.74) is 1.12. The summed E-state index contributed by atoms with van der Waals surface area (Å²) in [4.78, 5) is 4.20. The maximum absolute atomic E-state index is 5.20. The zero-order chi connectivity index (χ0) is 12.5. The summed E-state index contributed by atoms with van der Waals surface area (Å²) in [7, 11) is 1.67. The van der Waals surface area contributed by atoms with Gasteiger partial charge in [-0.1, -0.05) is 5.16 Å². The molecule has 18 heavy (non-hydrogen) atoms. The lowest BCUT2D eigenvalue weighted by atomic mass is 10.2. The van der Waals surface area contributed by atoms with Crippen LogP contribution in [0.5, 0.6) is 5.75 Å². The number of aryl methyl sites for hydroxylation is 1. The third-order valence-corrected chi connectivity index (χ3v) is 2.85. The van der Waals surface area contributed by atoms with Gasteiger partial charge in [-0.05, 0) is 31.2 Å². The quantitative estimate of drug-likeness (QED) is 0.708. The van der Waals surface area contributed by atoms with Gasteiger partial charge in [0.25, 0.3) is 0 Å². The van der Waals surface area contributed by atoms with E-state index in [0.29, 0.717) is 18.3 Å². The number of rotatable bonds is 3. The Kier molecular flexibility index (Phi) is 2.51. The average Bonchev–Trinajstić information content (AvgIpc) is 2.96. The largest absolute Gasteiger partial charge is 0.497 e. The summed E-state index contributed by atoms with van der Waals surface area (Å²) in [6.45, 7) is 2.39. The second-order valence-corrected chi connectivity index (χ2v) is 4.10. The highest BCUT2D eigenvalue weighted by Gasteiger charge is 2.07. The Morgan fingerprint density at radius 3 is 2.94 bits per heavy atom. The van der Waals surface area contributed by atoms with Crippen molar-refractivity contribution in [1.82, 2.24) is 14.7 Å². The van der Waals surface area contributed by atoms with Gasteiger partial charge < -0.3 is 13.8 Å². The van der Waals surface area contributed by atoms with E-state index in [4.69, 9.17) is 9.26 Å². The Bertz CT molecular complexity index is 684. The molecule has 1 aromatic carbocycles. The molecule has 0 aliphatic heterocycles. The van der Waals surface area contributed by atoms with Crippen LogP contribution in [0.4, 0.5) is 0 Å². The molecule has 0 spiro atoms. The van der Waals surface area contributed by atoms with Gasteiger partial charge in [-0.15, -0.1) is 0 Å². The maximum atomic E-state index is 5.20. The first kappa shape index (κ1) is 10.8. The number of methoxy groups -OCH3 is 1. The predicted octanol–water partition coefficient (Wildman–Crippen LogP) is 2.39. The summed E-state index contributed by atoms with van der Waals surface area (Å²) in [6, 6.07) is 8.02. The molecule has 3 rings (SSSR count). The van der Waals surface area contributed by atoms with Gasteiger partial charge in [-0.2, -0.15) is 4.98 Å². The highest BCUT2D eigenvalue weighted by Crippen LogP contribution is 2.22. The topological polar surface area (TPSA) is 53.1 Å². The summed E-state index contributed by atoms with van der Waals surface area (Å²) in [5.74, 6) is 2.12. The normalized spacial score (nSPS) is 11.0. The van der Waals surface area contributed by atoms with Gasteiger partial charge in [0.1, 0.15) is 12.3 Å². The average molecular weight is 243 g/mol. The lowest BCUT2D eigenvalue weighted by Crippen LogP contribution is -1.98. The number of hydrogen-bond acceptors (Lipinski definition) is 4. The summed E-state index contributed by atoms with van der Waals surface area (Å²) >= 11 is 0. The minimum Gasteiger partial charge on any atom is -0.497 e. The fourth-order valence-corrected chi connectivity index (χ4v) is 1.99. The molecule has 2 aromatic heterocycles. The third-order valence-electron chi connectivity index (χ3n) is 2.85. The van der Waals surface area contributed by atoms with Crippen LogP contribution >= 0.6 is 0 Å². The molecule has 5 heteroatoms. The van der Waals surface area contributed by atoms with Crippen LogP contribution in [0.15, 0.2) is 35.0 Å². The van der Waals surface area contributed by atoms with Crippen molar-refractivity contribution < 1.29 is 9.26 Å². The third kappa shape index (κ3) is 1.84. The molecule has 0 bridgehead atoms. The predicted molar refractivity (Wildman–Crippen MR) is 66.6 cm³/mol. The minimum atomic E-state index is 0.580. The fourth-order valence-electron chi connectivity index (χ4n) is 1.99. The van der Waals surface area contributed by atoms with Crippen molar-refractivity contribution in [2.24, 2.45) is 0 Å². The van der Waals surface area contributed by atoms with Gasteiger partial charge in [0.2, 0.25) is 5.89 Å². The summed E-state index contributed by atoms with van der Waals surface area (Å²) in [6.07, 6.45) is 2.00. The van der Waals surface area contributed by atoms with E-state index in [1.54, 1.807) is 7.11 Å². The van der Waals surface area contributed by atoms with E-state index in [-0.39, 0.29) is 0 Å². The Labute approximate surface area is 104 Å². The molecule has 0 radical (unpaired) electrons. The van der Waals surface area contributed by atoms with Gasteiger partial charge in [-0.25, -0.2) is 0 Å². The van der Waals surface area contributed by atoms with Crippen molar-refractivity contribution in [3.05, 3.63) is 42.2 Å². The van der Waals surface area contributed by atoms with Crippen LogP contribution in [-0.4, -0.2) is 21.8 Å². The van der Waals surface area contributed by atoms with E-state index in [9.17, 15) is 0 Å². The van der Waals surface area contributed by atoms with E-state index in [1.165, 1.54) is 0 Å². The van der Waals surface area contributed by atoms with E-state index in [0.717, 1.165) is 16.7 Å². The maximum Gasteiger partial charge on any atom is 0.246 e. The molecular formula is C13H13N3O2. The second-order valence-electron chi connectivity index (χ2n) is 4.10. The van der Waals surface area contributed by atoms with Crippen molar-refractivity contribution in [1.29, 1.82) is 0 Å². The van der Waals surface area contributed by atoms with Crippen molar-refractivity contribution in [2.75, 3.05) is 7.11 Å². The number of hydrogen-bond donors (Lipinski definition) is 0. The van der Waals surface area contributed by atoms with Crippen LogP contribution in [0.1, 0.15) is 11.7 Å². The molecule has 0 saturated carbocycles. The fraction of sp³-hybridized carbons (Fsp3) is 0.231. The molecule has 0 saturated heterocycles. The zero-order valence-corrected chi connectivity index (χ0v) is 10.3. The highest BCUT2D eigenvalue weighted by molar-refractivity contribution is 5.81. The molecule has 0 fully saturated rings. The highest BCUT2D eigenvalue weighted by atomic mass is 16.5. The molecular weight excluding hydrogens is 230 g/mol. The van der Waals surface area contributed by atoms with Crippen LogP contribution in [-0.2, 0) is 6.54 Å². The second kappa shape index (κ2) is 4.18. The van der Waals surface area contributed by atoms with E-state index in [1.807, 2.05) is 37.4 Å².